The number of carbonyl (C=O) groups excluding carboxylic acids is 2. The molecule has 164 valence electrons. The second-order valence-corrected chi connectivity index (χ2v) is 9.01. The maximum Gasteiger partial charge on any atom is 0.268 e. The maximum atomic E-state index is 13.3. The fourth-order valence-electron chi connectivity index (χ4n) is 4.39. The molecule has 1 aliphatic carbocycles. The standard InChI is InChI=1S/C24H29N3O3S/c1-2-26(19-10-6-7-17(13-19)16-28)23(29)15-27-20-11-12-31-22(20)14-21(27)24(30)25-18-8-4-3-5-9-18/h6-7,10-14,18,28H,2-5,8-9,15-16H2,1H3,(H,25,30). The normalized spacial score (nSPS) is 14.6. The lowest BCUT2D eigenvalue weighted by Crippen LogP contribution is -2.38. The first-order valence-electron chi connectivity index (χ1n) is 11.0. The Kier molecular flexibility index (Phi) is 6.73. The molecule has 1 saturated carbocycles. The van der Waals surface area contributed by atoms with Crippen molar-refractivity contribution in [2.45, 2.75) is 58.2 Å². The van der Waals surface area contributed by atoms with E-state index in [1.165, 1.54) is 6.42 Å². The number of aliphatic hydroxyl groups is 1. The number of fused-ring (bicyclic) bond motifs is 1. The minimum atomic E-state index is -0.103. The molecule has 0 radical (unpaired) electrons. The molecule has 1 aliphatic rings. The number of amides is 2. The van der Waals surface area contributed by atoms with E-state index >= 15 is 0 Å². The second kappa shape index (κ2) is 9.66. The molecule has 0 bridgehead atoms. The van der Waals surface area contributed by atoms with Gasteiger partial charge in [-0.1, -0.05) is 31.4 Å². The van der Waals surface area contributed by atoms with E-state index in [4.69, 9.17) is 0 Å². The molecule has 0 atom stereocenters. The maximum absolute atomic E-state index is 13.3. The van der Waals surface area contributed by atoms with Gasteiger partial charge in [-0.3, -0.25) is 9.59 Å². The summed E-state index contributed by atoms with van der Waals surface area (Å²) in [5, 5.41) is 14.6. The molecule has 2 aromatic heterocycles. The summed E-state index contributed by atoms with van der Waals surface area (Å²) in [6, 6.07) is 11.4. The molecule has 0 saturated heterocycles. The molecule has 2 heterocycles. The molecular formula is C24H29N3O3S. The van der Waals surface area contributed by atoms with E-state index < -0.39 is 0 Å². The van der Waals surface area contributed by atoms with Crippen LogP contribution in [-0.2, 0) is 17.9 Å². The molecule has 4 rings (SSSR count). The molecule has 7 heteroatoms. The number of benzene rings is 1. The average molecular weight is 440 g/mol. The first-order chi connectivity index (χ1) is 15.1. The quantitative estimate of drug-likeness (QED) is 0.576. The van der Waals surface area contributed by atoms with Crippen molar-refractivity contribution in [3.8, 4) is 0 Å². The van der Waals surface area contributed by atoms with Gasteiger partial charge in [0.2, 0.25) is 5.91 Å². The lowest BCUT2D eigenvalue weighted by molar-refractivity contribution is -0.119. The van der Waals surface area contributed by atoms with Crippen molar-refractivity contribution in [2.24, 2.45) is 0 Å². The van der Waals surface area contributed by atoms with Crippen molar-refractivity contribution >= 4 is 39.1 Å². The molecule has 0 aliphatic heterocycles. The number of anilines is 1. The molecule has 2 amide bonds. The number of likely N-dealkylation sites (N-methyl/N-ethyl adjacent to an activating group) is 1. The molecule has 3 aromatic rings. The van der Waals surface area contributed by atoms with Crippen LogP contribution in [0.4, 0.5) is 5.69 Å². The summed E-state index contributed by atoms with van der Waals surface area (Å²) in [4.78, 5) is 28.1. The molecule has 1 fully saturated rings. The van der Waals surface area contributed by atoms with Crippen LogP contribution >= 0.6 is 11.3 Å². The highest BCUT2D eigenvalue weighted by molar-refractivity contribution is 7.17. The Morgan fingerprint density at radius 2 is 2.00 bits per heavy atom. The molecule has 0 spiro atoms. The van der Waals surface area contributed by atoms with Crippen LogP contribution in [-0.4, -0.2) is 34.1 Å². The number of carbonyl (C=O) groups is 2. The van der Waals surface area contributed by atoms with E-state index in [9.17, 15) is 14.7 Å². The van der Waals surface area contributed by atoms with Gasteiger partial charge in [-0.05, 0) is 55.0 Å². The fourth-order valence-corrected chi connectivity index (χ4v) is 5.21. The smallest absolute Gasteiger partial charge is 0.268 e. The number of nitrogens with one attached hydrogen (secondary N) is 1. The number of hydrogen-bond donors (Lipinski definition) is 2. The fraction of sp³-hybridized carbons (Fsp3) is 0.417. The van der Waals surface area contributed by atoms with Gasteiger partial charge >= 0.3 is 0 Å². The highest BCUT2D eigenvalue weighted by Gasteiger charge is 2.23. The van der Waals surface area contributed by atoms with Crippen LogP contribution in [0.5, 0.6) is 0 Å². The topological polar surface area (TPSA) is 74.6 Å². The third kappa shape index (κ3) is 4.67. The first-order valence-corrected chi connectivity index (χ1v) is 11.9. The Balaban J connectivity index is 1.59. The highest BCUT2D eigenvalue weighted by atomic mass is 32.1. The summed E-state index contributed by atoms with van der Waals surface area (Å²) >= 11 is 1.57. The number of thiophene rings is 1. The van der Waals surface area contributed by atoms with Crippen molar-refractivity contribution in [3.05, 3.63) is 53.0 Å². The van der Waals surface area contributed by atoms with Gasteiger partial charge in [-0.25, -0.2) is 0 Å². The lowest BCUT2D eigenvalue weighted by Gasteiger charge is -2.24. The average Bonchev–Trinajstić information content (AvgIpc) is 3.38. The molecular weight excluding hydrogens is 410 g/mol. The largest absolute Gasteiger partial charge is 0.392 e. The predicted molar refractivity (Wildman–Crippen MR) is 125 cm³/mol. The molecule has 31 heavy (non-hydrogen) atoms. The second-order valence-electron chi connectivity index (χ2n) is 8.06. The third-order valence-corrected chi connectivity index (χ3v) is 6.86. The van der Waals surface area contributed by atoms with Crippen LogP contribution in [0.1, 0.15) is 55.1 Å². The summed E-state index contributed by atoms with van der Waals surface area (Å²) in [6.45, 7) is 2.45. The van der Waals surface area contributed by atoms with Crippen molar-refractivity contribution < 1.29 is 14.7 Å². The van der Waals surface area contributed by atoms with Crippen LogP contribution in [0, 0.1) is 0 Å². The number of aromatic nitrogens is 1. The highest BCUT2D eigenvalue weighted by Crippen LogP contribution is 2.27. The number of nitrogens with zero attached hydrogens (tertiary/aromatic N) is 2. The lowest BCUT2D eigenvalue weighted by atomic mass is 9.95. The first kappa shape index (κ1) is 21.6. The Morgan fingerprint density at radius 1 is 1.19 bits per heavy atom. The van der Waals surface area contributed by atoms with Gasteiger partial charge in [0.25, 0.3) is 5.91 Å². The van der Waals surface area contributed by atoms with Crippen molar-refractivity contribution in [1.82, 2.24) is 9.88 Å². The van der Waals surface area contributed by atoms with Gasteiger partial charge in [0.15, 0.2) is 0 Å². The zero-order valence-electron chi connectivity index (χ0n) is 17.8. The molecule has 1 aromatic carbocycles. The Hall–Kier alpha value is -2.64. The minimum absolute atomic E-state index is 0.0712. The monoisotopic (exact) mass is 439 g/mol. The third-order valence-electron chi connectivity index (χ3n) is 6.01. The van der Waals surface area contributed by atoms with Crippen molar-refractivity contribution in [2.75, 3.05) is 11.4 Å². The molecule has 0 unspecified atom stereocenters. The van der Waals surface area contributed by atoms with Crippen LogP contribution in [0.2, 0.25) is 0 Å². The van der Waals surface area contributed by atoms with Gasteiger partial charge in [-0.15, -0.1) is 11.3 Å². The summed E-state index contributed by atoms with van der Waals surface area (Å²) in [5.41, 5.74) is 2.96. The Labute approximate surface area is 186 Å². The van der Waals surface area contributed by atoms with Gasteiger partial charge < -0.3 is 19.9 Å². The van der Waals surface area contributed by atoms with E-state index in [-0.39, 0.29) is 31.0 Å². The van der Waals surface area contributed by atoms with Gasteiger partial charge in [0.05, 0.1) is 16.8 Å². The van der Waals surface area contributed by atoms with Crippen molar-refractivity contribution in [3.63, 3.8) is 0 Å². The zero-order chi connectivity index (χ0) is 21.8. The Morgan fingerprint density at radius 3 is 2.74 bits per heavy atom. The predicted octanol–water partition coefficient (Wildman–Crippen LogP) is 4.31. The SMILES string of the molecule is CCN(C(=O)Cn1c(C(=O)NC2CCCCC2)cc2sccc21)c1cccc(CO)c1. The summed E-state index contributed by atoms with van der Waals surface area (Å²) in [6.07, 6.45) is 5.57. The zero-order valence-corrected chi connectivity index (χ0v) is 18.7. The number of aliphatic hydroxyl groups excluding tert-OH is 1. The van der Waals surface area contributed by atoms with Gasteiger partial charge in [0, 0.05) is 18.3 Å². The van der Waals surface area contributed by atoms with Crippen LogP contribution in [0.25, 0.3) is 10.2 Å². The van der Waals surface area contributed by atoms with Crippen LogP contribution < -0.4 is 10.2 Å². The number of rotatable bonds is 7. The van der Waals surface area contributed by atoms with E-state index in [0.717, 1.165) is 47.2 Å². The van der Waals surface area contributed by atoms with Gasteiger partial charge in [-0.2, -0.15) is 0 Å². The minimum Gasteiger partial charge on any atom is -0.392 e. The van der Waals surface area contributed by atoms with E-state index in [2.05, 4.69) is 5.32 Å². The number of hydrogen-bond acceptors (Lipinski definition) is 4. The summed E-state index contributed by atoms with van der Waals surface area (Å²) in [7, 11) is 0. The van der Waals surface area contributed by atoms with E-state index in [1.54, 1.807) is 16.2 Å². The molecule has 2 N–H and O–H groups in total. The Bertz CT molecular complexity index is 1070. The van der Waals surface area contributed by atoms with Crippen molar-refractivity contribution in [1.29, 1.82) is 0 Å². The van der Waals surface area contributed by atoms with E-state index in [1.807, 2.05) is 53.3 Å². The summed E-state index contributed by atoms with van der Waals surface area (Å²) < 4.78 is 2.84. The van der Waals surface area contributed by atoms with E-state index in [0.29, 0.717) is 12.2 Å². The van der Waals surface area contributed by atoms with Crippen LogP contribution in [0.3, 0.4) is 0 Å². The summed E-state index contributed by atoms with van der Waals surface area (Å²) in [5.74, 6) is -0.193. The van der Waals surface area contributed by atoms with Gasteiger partial charge in [0.1, 0.15) is 12.2 Å². The molecule has 6 nitrogen and oxygen atoms in total. The van der Waals surface area contributed by atoms with Crippen LogP contribution in [0.15, 0.2) is 41.8 Å².